The number of carboxylic acids is 1. The van der Waals surface area contributed by atoms with E-state index >= 15 is 0 Å². The number of carbonyl (C=O) groups is 5. The molecular formula is C28H44N12O6. The molecule has 252 valence electrons. The summed E-state index contributed by atoms with van der Waals surface area (Å²) in [5.41, 5.74) is 34.1. The molecule has 0 spiro atoms. The lowest BCUT2D eigenvalue weighted by molar-refractivity contribution is -0.142. The lowest BCUT2D eigenvalue weighted by atomic mass is 10.0. The van der Waals surface area contributed by atoms with E-state index in [1.165, 1.54) is 0 Å². The van der Waals surface area contributed by atoms with Crippen LogP contribution >= 0.6 is 0 Å². The lowest BCUT2D eigenvalue weighted by Gasteiger charge is -2.25. The molecule has 2 aromatic rings. The number of guanidine groups is 2. The van der Waals surface area contributed by atoms with E-state index in [0.29, 0.717) is 12.0 Å². The summed E-state index contributed by atoms with van der Waals surface area (Å²) in [6, 6.07) is 2.35. The molecule has 0 aliphatic heterocycles. The van der Waals surface area contributed by atoms with Crippen LogP contribution in [-0.2, 0) is 30.4 Å². The Labute approximate surface area is 265 Å². The maximum Gasteiger partial charge on any atom is 0.326 e. The number of para-hydroxylation sites is 1. The lowest BCUT2D eigenvalue weighted by Crippen LogP contribution is -2.57. The van der Waals surface area contributed by atoms with Gasteiger partial charge in [-0.15, -0.1) is 0 Å². The third-order valence-electron chi connectivity index (χ3n) is 6.91. The monoisotopic (exact) mass is 644 g/mol. The summed E-state index contributed by atoms with van der Waals surface area (Å²) in [6.45, 7) is 0.395. The number of aliphatic carboxylic acids is 1. The van der Waals surface area contributed by atoms with E-state index in [0.717, 1.165) is 10.9 Å². The first-order valence-corrected chi connectivity index (χ1v) is 14.6. The van der Waals surface area contributed by atoms with Crippen LogP contribution in [0.5, 0.6) is 0 Å². The Kier molecular flexibility index (Phi) is 14.7. The highest BCUT2D eigenvalue weighted by molar-refractivity contribution is 5.94. The highest BCUT2D eigenvalue weighted by Crippen LogP contribution is 2.19. The number of amides is 4. The fourth-order valence-corrected chi connectivity index (χ4v) is 4.52. The number of nitrogens with zero attached hydrogens (tertiary/aromatic N) is 2. The molecule has 0 fully saturated rings. The van der Waals surface area contributed by atoms with Gasteiger partial charge in [0.25, 0.3) is 0 Å². The van der Waals surface area contributed by atoms with Crippen molar-refractivity contribution in [3.8, 4) is 0 Å². The molecule has 4 atom stereocenters. The van der Waals surface area contributed by atoms with Crippen molar-refractivity contribution in [1.29, 1.82) is 0 Å². The van der Waals surface area contributed by atoms with Crippen molar-refractivity contribution in [1.82, 2.24) is 20.9 Å². The molecule has 18 nitrogen and oxygen atoms in total. The van der Waals surface area contributed by atoms with Gasteiger partial charge < -0.3 is 60.4 Å². The average Bonchev–Trinajstić information content (AvgIpc) is 3.40. The predicted octanol–water partition coefficient (Wildman–Crippen LogP) is -3.05. The Morgan fingerprint density at radius 3 is 1.89 bits per heavy atom. The van der Waals surface area contributed by atoms with Crippen LogP contribution in [0.1, 0.15) is 44.1 Å². The normalized spacial score (nSPS) is 13.4. The Hall–Kier alpha value is -5.39. The summed E-state index contributed by atoms with van der Waals surface area (Å²) in [4.78, 5) is 74.1. The van der Waals surface area contributed by atoms with Crippen molar-refractivity contribution in [2.75, 3.05) is 13.1 Å². The summed E-state index contributed by atoms with van der Waals surface area (Å²) >= 11 is 0. The fraction of sp³-hybridized carbons (Fsp3) is 0.464. The Morgan fingerprint density at radius 2 is 1.30 bits per heavy atom. The van der Waals surface area contributed by atoms with E-state index in [9.17, 15) is 29.1 Å². The molecule has 4 amide bonds. The number of aromatic amines is 1. The Morgan fingerprint density at radius 1 is 0.761 bits per heavy atom. The molecule has 0 bridgehead atoms. The van der Waals surface area contributed by atoms with E-state index in [2.05, 4.69) is 30.9 Å². The van der Waals surface area contributed by atoms with Gasteiger partial charge in [0.05, 0.1) is 6.04 Å². The van der Waals surface area contributed by atoms with Crippen LogP contribution < -0.4 is 50.4 Å². The highest BCUT2D eigenvalue weighted by atomic mass is 16.4. The quantitative estimate of drug-likeness (QED) is 0.0390. The number of nitrogens with one attached hydrogen (secondary N) is 4. The first kappa shape index (κ1) is 36.8. The molecule has 1 heterocycles. The molecular weight excluding hydrogens is 600 g/mol. The molecule has 0 saturated carbocycles. The number of nitrogens with two attached hydrogens (primary N) is 6. The number of carboxylic acid groups (broad SMARTS) is 1. The molecule has 2 rings (SSSR count). The first-order chi connectivity index (χ1) is 21.8. The molecule has 46 heavy (non-hydrogen) atoms. The van der Waals surface area contributed by atoms with Gasteiger partial charge in [0, 0.05) is 43.0 Å². The van der Waals surface area contributed by atoms with Crippen molar-refractivity contribution < 1.29 is 29.1 Å². The molecule has 0 aliphatic rings. The zero-order valence-electron chi connectivity index (χ0n) is 25.4. The second-order valence-electron chi connectivity index (χ2n) is 10.6. The zero-order chi connectivity index (χ0) is 34.2. The number of carbonyl (C=O) groups excluding carboxylic acids is 4. The summed E-state index contributed by atoms with van der Waals surface area (Å²) in [5, 5.41) is 18.2. The highest BCUT2D eigenvalue weighted by Gasteiger charge is 2.31. The number of hydrogen-bond acceptors (Lipinski definition) is 8. The molecule has 1 aromatic carbocycles. The SMILES string of the molecule is NC(=O)CCC(NC(=O)C(CCCN=C(N)N)NC(=O)C(N)CCCN=C(N)N)C(=O)NC(Cc1c[nH]c2ccccc12)C(=O)O. The second-order valence-corrected chi connectivity index (χ2v) is 10.6. The summed E-state index contributed by atoms with van der Waals surface area (Å²) < 4.78 is 0. The number of hydrogen-bond donors (Lipinski definition) is 11. The maximum absolute atomic E-state index is 13.4. The van der Waals surface area contributed by atoms with Gasteiger partial charge in [-0.25, -0.2) is 4.79 Å². The third kappa shape index (κ3) is 12.7. The molecule has 1 aromatic heterocycles. The number of primary amides is 1. The van der Waals surface area contributed by atoms with Crippen molar-refractivity contribution >= 4 is 52.4 Å². The topological polar surface area (TPSA) is 338 Å². The minimum absolute atomic E-state index is 0.0531. The van der Waals surface area contributed by atoms with Crippen LogP contribution in [0.15, 0.2) is 40.4 Å². The van der Waals surface area contributed by atoms with Crippen molar-refractivity contribution in [3.63, 3.8) is 0 Å². The molecule has 0 saturated heterocycles. The number of aromatic nitrogens is 1. The van der Waals surface area contributed by atoms with Crippen LogP contribution in [-0.4, -0.2) is 88.9 Å². The minimum atomic E-state index is -1.37. The van der Waals surface area contributed by atoms with Gasteiger partial charge in [-0.3, -0.25) is 29.2 Å². The smallest absolute Gasteiger partial charge is 0.326 e. The number of aliphatic imine (C=N–C) groups is 2. The van der Waals surface area contributed by atoms with Crippen LogP contribution in [0.3, 0.4) is 0 Å². The van der Waals surface area contributed by atoms with Gasteiger partial charge >= 0.3 is 5.97 Å². The van der Waals surface area contributed by atoms with E-state index in [1.807, 2.05) is 18.2 Å². The van der Waals surface area contributed by atoms with Gasteiger partial charge in [0.15, 0.2) is 11.9 Å². The molecule has 4 unspecified atom stereocenters. The Bertz CT molecular complexity index is 1420. The molecule has 17 N–H and O–H groups in total. The summed E-state index contributed by atoms with van der Waals surface area (Å²) in [6.07, 6.45) is 1.99. The summed E-state index contributed by atoms with van der Waals surface area (Å²) in [7, 11) is 0. The summed E-state index contributed by atoms with van der Waals surface area (Å²) in [5.74, 6) is -4.58. The molecule has 0 radical (unpaired) electrons. The van der Waals surface area contributed by atoms with Gasteiger partial charge in [0.2, 0.25) is 23.6 Å². The maximum atomic E-state index is 13.4. The molecule has 18 heteroatoms. The number of rotatable bonds is 20. The zero-order valence-corrected chi connectivity index (χ0v) is 25.4. The van der Waals surface area contributed by atoms with Crippen LogP contribution in [0.25, 0.3) is 10.9 Å². The Balaban J connectivity index is 2.19. The van der Waals surface area contributed by atoms with Gasteiger partial charge in [-0.05, 0) is 43.7 Å². The van der Waals surface area contributed by atoms with E-state index in [-0.39, 0.29) is 63.5 Å². The second kappa shape index (κ2) is 18.4. The van der Waals surface area contributed by atoms with Crippen molar-refractivity contribution in [3.05, 3.63) is 36.0 Å². The number of benzene rings is 1. The predicted molar refractivity (Wildman–Crippen MR) is 172 cm³/mol. The van der Waals surface area contributed by atoms with E-state index in [4.69, 9.17) is 34.4 Å². The van der Waals surface area contributed by atoms with Gasteiger partial charge in [0.1, 0.15) is 18.1 Å². The first-order valence-electron chi connectivity index (χ1n) is 14.6. The largest absolute Gasteiger partial charge is 0.480 e. The van der Waals surface area contributed by atoms with Crippen molar-refractivity contribution in [2.24, 2.45) is 44.4 Å². The molecule has 0 aliphatic carbocycles. The third-order valence-corrected chi connectivity index (χ3v) is 6.91. The average molecular weight is 645 g/mol. The minimum Gasteiger partial charge on any atom is -0.480 e. The van der Waals surface area contributed by atoms with Gasteiger partial charge in [-0.1, -0.05) is 18.2 Å². The standard InChI is InChI=1S/C28H44N12O6/c29-17(6-3-11-35-27(31)32)23(42)38-19(8-4-12-36-28(33)34)24(43)39-20(9-10-22(30)41)25(44)40-21(26(45)46)13-15-14-37-18-7-2-1-5-16(15)18/h1-2,5,7,14,17,19-21,37H,3-4,6,8-13,29H2,(H2,30,41)(H,38,42)(H,39,43)(H,40,44)(H,45,46)(H4,31,32,35)(H4,33,34,36). The van der Waals surface area contributed by atoms with Crippen LogP contribution in [0.4, 0.5) is 0 Å². The fourth-order valence-electron chi connectivity index (χ4n) is 4.52. The van der Waals surface area contributed by atoms with E-state index < -0.39 is 53.8 Å². The number of H-pyrrole nitrogens is 1. The number of fused-ring (bicyclic) bond motifs is 1. The van der Waals surface area contributed by atoms with E-state index in [1.54, 1.807) is 12.3 Å². The van der Waals surface area contributed by atoms with Crippen LogP contribution in [0, 0.1) is 0 Å². The van der Waals surface area contributed by atoms with Crippen molar-refractivity contribution in [2.45, 2.75) is 69.1 Å². The van der Waals surface area contributed by atoms with Gasteiger partial charge in [-0.2, -0.15) is 0 Å². The van der Waals surface area contributed by atoms with Crippen LogP contribution in [0.2, 0.25) is 0 Å².